The summed E-state index contributed by atoms with van der Waals surface area (Å²) in [5.41, 5.74) is 0. The number of methoxy groups -OCH3 is 1. The molecule has 0 aliphatic carbocycles. The fourth-order valence-corrected chi connectivity index (χ4v) is 9.98. The van der Waals surface area contributed by atoms with Crippen molar-refractivity contribution in [1.29, 1.82) is 0 Å². The summed E-state index contributed by atoms with van der Waals surface area (Å²) in [6.07, 6.45) is 8.16. The Morgan fingerprint density at radius 3 is 2.70 bits per heavy atom. The normalized spacial score (nSPS) is 30.4. The molecule has 4 atom stereocenters. The molecule has 30 heavy (non-hydrogen) atoms. The third-order valence-corrected chi connectivity index (χ3v) is 12.1. The van der Waals surface area contributed by atoms with Gasteiger partial charge in [0.05, 0.1) is 17.3 Å². The van der Waals surface area contributed by atoms with E-state index in [2.05, 4.69) is 36.8 Å². The highest BCUT2D eigenvalue weighted by Gasteiger charge is 2.51. The summed E-state index contributed by atoms with van der Waals surface area (Å²) in [6.45, 7) is 2.74. The number of thiophene rings is 1. The lowest BCUT2D eigenvalue weighted by Crippen LogP contribution is -2.65. The largest absolute Gasteiger partial charge is 0.469 e. The van der Waals surface area contributed by atoms with Crippen LogP contribution in [0.3, 0.4) is 0 Å². The van der Waals surface area contributed by atoms with Crippen molar-refractivity contribution in [3.05, 3.63) is 26.5 Å². The summed E-state index contributed by atoms with van der Waals surface area (Å²) in [5.74, 6) is 0.285. The second-order valence-electron chi connectivity index (χ2n) is 8.20. The van der Waals surface area contributed by atoms with Gasteiger partial charge in [0, 0.05) is 23.1 Å². The quantitative estimate of drug-likeness (QED) is 0.384. The molecule has 1 aromatic rings. The first-order valence-electron chi connectivity index (χ1n) is 10.3. The van der Waals surface area contributed by atoms with Crippen LogP contribution in [-0.4, -0.2) is 62.4 Å². The van der Waals surface area contributed by atoms with Gasteiger partial charge in [0.2, 0.25) is 0 Å². The molecule has 4 heterocycles. The molecular weight excluding hydrogens is 556 g/mol. The van der Waals surface area contributed by atoms with Gasteiger partial charge in [-0.1, -0.05) is 12.2 Å². The fourth-order valence-electron chi connectivity index (χ4n) is 5.35. The molecule has 3 fully saturated rings. The van der Waals surface area contributed by atoms with Crippen molar-refractivity contribution in [2.45, 2.75) is 48.4 Å². The van der Waals surface area contributed by atoms with Crippen molar-refractivity contribution in [2.75, 3.05) is 26.7 Å². The van der Waals surface area contributed by atoms with Gasteiger partial charge in [0.15, 0.2) is 0 Å². The van der Waals surface area contributed by atoms with Crippen molar-refractivity contribution in [3.8, 4) is 0 Å². The van der Waals surface area contributed by atoms with Crippen molar-refractivity contribution in [3.63, 3.8) is 0 Å². The van der Waals surface area contributed by atoms with Gasteiger partial charge >= 0.3 is 5.97 Å². The van der Waals surface area contributed by atoms with Crippen LogP contribution in [0.2, 0.25) is 0 Å². The molecule has 3 saturated heterocycles. The summed E-state index contributed by atoms with van der Waals surface area (Å²) in [5, 5.41) is 0. The van der Waals surface area contributed by atoms with Gasteiger partial charge in [-0.3, -0.25) is 9.69 Å². The zero-order chi connectivity index (χ0) is 21.5. The van der Waals surface area contributed by atoms with E-state index in [0.29, 0.717) is 22.7 Å². The highest BCUT2D eigenvalue weighted by atomic mass is 79.9. The molecule has 0 N–H and O–H groups in total. The SMILES string of the molecule is COC(=O)C/C=C\[C@@H]1[C@H]2CCCN3CCC[C@@H](CN1S(=O)(=O)c1cc(Br)c(Br)s1)[C@@H]23. The number of ether oxygens (including phenoxy) is 1. The number of halogens is 2. The summed E-state index contributed by atoms with van der Waals surface area (Å²) in [7, 11) is -2.28. The van der Waals surface area contributed by atoms with E-state index in [1.54, 1.807) is 16.4 Å². The number of hydrogen-bond acceptors (Lipinski definition) is 6. The molecule has 6 nitrogen and oxygen atoms in total. The van der Waals surface area contributed by atoms with Crippen LogP contribution >= 0.6 is 43.2 Å². The Balaban J connectivity index is 1.71. The monoisotopic (exact) mass is 580 g/mol. The van der Waals surface area contributed by atoms with Crippen LogP contribution in [0.1, 0.15) is 32.1 Å². The molecule has 10 heteroatoms. The third-order valence-electron chi connectivity index (χ3n) is 6.56. The first kappa shape index (κ1) is 22.9. The number of rotatable bonds is 5. The van der Waals surface area contributed by atoms with Crippen LogP contribution in [0, 0.1) is 11.8 Å². The van der Waals surface area contributed by atoms with E-state index in [4.69, 9.17) is 4.74 Å². The van der Waals surface area contributed by atoms with E-state index < -0.39 is 10.0 Å². The summed E-state index contributed by atoms with van der Waals surface area (Å²) in [4.78, 5) is 14.2. The molecule has 0 aromatic carbocycles. The molecule has 3 aliphatic rings. The Morgan fingerprint density at radius 2 is 2.03 bits per heavy atom. The number of carbonyl (C=O) groups excluding carboxylic acids is 1. The van der Waals surface area contributed by atoms with E-state index in [0.717, 1.165) is 47.0 Å². The molecule has 1 aromatic heterocycles. The zero-order valence-electron chi connectivity index (χ0n) is 16.8. The lowest BCUT2D eigenvalue weighted by Gasteiger charge is -2.56. The molecule has 0 bridgehead atoms. The molecule has 0 radical (unpaired) electrons. The minimum absolute atomic E-state index is 0.154. The first-order chi connectivity index (χ1) is 14.3. The van der Waals surface area contributed by atoms with Crippen LogP contribution in [0.15, 0.2) is 30.7 Å². The van der Waals surface area contributed by atoms with E-state index in [1.807, 2.05) is 6.08 Å². The van der Waals surface area contributed by atoms with Gasteiger partial charge in [0.1, 0.15) is 4.21 Å². The summed E-state index contributed by atoms with van der Waals surface area (Å²) < 4.78 is 35.7. The maximum Gasteiger partial charge on any atom is 0.309 e. The number of nitrogens with zero attached hydrogens (tertiary/aromatic N) is 2. The highest BCUT2D eigenvalue weighted by molar-refractivity contribution is 9.13. The van der Waals surface area contributed by atoms with Crippen molar-refractivity contribution >= 4 is 59.2 Å². The Hall–Kier alpha value is -0.260. The Bertz CT molecular complexity index is 912. The topological polar surface area (TPSA) is 66.9 Å². The fraction of sp³-hybridized carbons (Fsp3) is 0.650. The van der Waals surface area contributed by atoms with Crippen LogP contribution in [0.5, 0.6) is 0 Å². The number of piperidine rings is 3. The second-order valence-corrected chi connectivity index (χ2v) is 13.5. The molecule has 4 rings (SSSR count). The minimum Gasteiger partial charge on any atom is -0.469 e. The summed E-state index contributed by atoms with van der Waals surface area (Å²) >= 11 is 8.08. The van der Waals surface area contributed by atoms with E-state index in [9.17, 15) is 13.2 Å². The zero-order valence-corrected chi connectivity index (χ0v) is 21.6. The Labute approximate surface area is 198 Å². The van der Waals surface area contributed by atoms with Gasteiger partial charge in [-0.05, 0) is 88.5 Å². The predicted molar refractivity (Wildman–Crippen MR) is 124 cm³/mol. The maximum absolute atomic E-state index is 13.7. The standard InChI is InChI=1S/C20H26Br2N2O4S2/c1-28-17(25)8-2-7-16-14-6-4-10-23-9-3-5-13(19(14)23)12-24(16)30(26,27)18-11-15(21)20(22)29-18/h2,7,11,13-14,16,19H,3-6,8-10,12H2,1H3/b7-2-/t13-,14+,16+,19-/m0/s1. The van der Waals surface area contributed by atoms with Gasteiger partial charge in [-0.2, -0.15) is 4.31 Å². The number of hydrogen-bond donors (Lipinski definition) is 0. The number of sulfonamides is 1. The Kier molecular flexibility index (Phi) is 7.11. The first-order valence-corrected chi connectivity index (χ1v) is 14.1. The van der Waals surface area contributed by atoms with Crippen LogP contribution in [-0.2, 0) is 19.6 Å². The van der Waals surface area contributed by atoms with Crippen molar-refractivity contribution < 1.29 is 17.9 Å². The maximum atomic E-state index is 13.7. The van der Waals surface area contributed by atoms with E-state index in [1.165, 1.54) is 18.4 Å². The average molecular weight is 582 g/mol. The van der Waals surface area contributed by atoms with Crippen LogP contribution in [0.4, 0.5) is 0 Å². The molecule has 0 saturated carbocycles. The van der Waals surface area contributed by atoms with Gasteiger partial charge < -0.3 is 4.74 Å². The van der Waals surface area contributed by atoms with Crippen molar-refractivity contribution in [1.82, 2.24) is 9.21 Å². The third kappa shape index (κ3) is 4.32. The average Bonchev–Trinajstić information content (AvgIpc) is 3.08. The minimum atomic E-state index is -3.65. The van der Waals surface area contributed by atoms with E-state index >= 15 is 0 Å². The molecular formula is C20H26Br2N2O4S2. The summed E-state index contributed by atoms with van der Waals surface area (Å²) in [6, 6.07) is 1.86. The number of carbonyl (C=O) groups is 1. The second kappa shape index (κ2) is 9.31. The van der Waals surface area contributed by atoms with Gasteiger partial charge in [-0.25, -0.2) is 8.42 Å². The molecule has 166 valence electrons. The molecule has 0 spiro atoms. The lowest BCUT2D eigenvalue weighted by atomic mass is 9.70. The smallest absolute Gasteiger partial charge is 0.309 e. The van der Waals surface area contributed by atoms with Crippen LogP contribution in [0.25, 0.3) is 0 Å². The van der Waals surface area contributed by atoms with Gasteiger partial charge in [-0.15, -0.1) is 11.3 Å². The molecule has 0 unspecified atom stereocenters. The molecule has 0 amide bonds. The molecule has 3 aliphatic heterocycles. The van der Waals surface area contributed by atoms with Crippen LogP contribution < -0.4 is 0 Å². The highest BCUT2D eigenvalue weighted by Crippen LogP contribution is 2.45. The predicted octanol–water partition coefficient (Wildman–Crippen LogP) is 4.26. The van der Waals surface area contributed by atoms with Crippen molar-refractivity contribution in [2.24, 2.45) is 11.8 Å². The van der Waals surface area contributed by atoms with Gasteiger partial charge in [0.25, 0.3) is 10.0 Å². The van der Waals surface area contributed by atoms with E-state index in [-0.39, 0.29) is 24.3 Å². The lowest BCUT2D eigenvalue weighted by molar-refractivity contribution is -0.139. The Morgan fingerprint density at radius 1 is 1.30 bits per heavy atom. The number of esters is 1.